The molecular weight excluding hydrogens is 278 g/mol. The van der Waals surface area contributed by atoms with E-state index in [-0.39, 0.29) is 6.10 Å². The van der Waals surface area contributed by atoms with Crippen molar-refractivity contribution in [1.29, 1.82) is 0 Å². The summed E-state index contributed by atoms with van der Waals surface area (Å²) < 4.78 is 11.1. The van der Waals surface area contributed by atoms with Crippen LogP contribution in [0.3, 0.4) is 0 Å². The summed E-state index contributed by atoms with van der Waals surface area (Å²) in [7, 11) is 2.12. The molecule has 1 aromatic carbocycles. The maximum Gasteiger partial charge on any atom is 0.151 e. The van der Waals surface area contributed by atoms with Crippen LogP contribution >= 0.6 is 0 Å². The number of aromatic nitrogens is 1. The second-order valence-electron chi connectivity index (χ2n) is 5.93. The van der Waals surface area contributed by atoms with Crippen molar-refractivity contribution in [2.24, 2.45) is 0 Å². The second kappa shape index (κ2) is 7.05. The summed E-state index contributed by atoms with van der Waals surface area (Å²) in [5.74, 6) is 0.847. The molecule has 1 saturated heterocycles. The van der Waals surface area contributed by atoms with Gasteiger partial charge >= 0.3 is 0 Å². The molecule has 22 heavy (non-hydrogen) atoms. The highest BCUT2D eigenvalue weighted by Crippen LogP contribution is 2.19. The van der Waals surface area contributed by atoms with Gasteiger partial charge in [-0.3, -0.25) is 0 Å². The van der Waals surface area contributed by atoms with Crippen LogP contribution in [0.2, 0.25) is 0 Å². The van der Waals surface area contributed by atoms with Crippen molar-refractivity contribution in [2.75, 3.05) is 33.3 Å². The molecule has 0 aliphatic carbocycles. The van der Waals surface area contributed by atoms with Crippen LogP contribution in [0.5, 0.6) is 0 Å². The molecule has 1 atom stereocenters. The highest BCUT2D eigenvalue weighted by molar-refractivity contribution is 5.59. The Morgan fingerprint density at radius 2 is 2.14 bits per heavy atom. The second-order valence-corrected chi connectivity index (χ2v) is 5.93. The lowest BCUT2D eigenvalue weighted by Gasteiger charge is -2.30. The zero-order valence-corrected chi connectivity index (χ0v) is 13.2. The largest absolute Gasteiger partial charge is 0.374 e. The Morgan fingerprint density at radius 1 is 1.32 bits per heavy atom. The summed E-state index contributed by atoms with van der Waals surface area (Å²) in [5, 5.41) is 7.52. The number of hydrogen-bond donors (Lipinski definition) is 1. The Morgan fingerprint density at radius 3 is 2.91 bits per heavy atom. The monoisotopic (exact) mass is 301 g/mol. The summed E-state index contributed by atoms with van der Waals surface area (Å²) in [6.07, 6.45) is 0.248. The molecule has 0 unspecified atom stereocenters. The quantitative estimate of drug-likeness (QED) is 0.916. The SMILES string of the molecule is Cc1ccc(-c2cc(CNC[C@H]3CN(C)CCO3)on2)cc1. The van der Waals surface area contributed by atoms with Gasteiger partial charge in [-0.2, -0.15) is 0 Å². The Bertz CT molecular complexity index is 594. The first-order valence-corrected chi connectivity index (χ1v) is 7.74. The number of benzene rings is 1. The standard InChI is InChI=1S/C17H23N3O2/c1-13-3-5-14(6-4-13)17-9-15(22-19-17)10-18-11-16-12-20(2)7-8-21-16/h3-6,9,16,18H,7-8,10-12H2,1-2H3/t16-/m0/s1. The molecule has 2 aromatic rings. The third kappa shape index (κ3) is 3.94. The van der Waals surface area contributed by atoms with Crippen LogP contribution in [0.1, 0.15) is 11.3 Å². The molecule has 118 valence electrons. The van der Waals surface area contributed by atoms with Crippen LogP contribution in [0.15, 0.2) is 34.9 Å². The van der Waals surface area contributed by atoms with Crippen LogP contribution in [0, 0.1) is 6.92 Å². The molecule has 1 N–H and O–H groups in total. The van der Waals surface area contributed by atoms with Crippen LogP contribution in [-0.4, -0.2) is 49.4 Å². The van der Waals surface area contributed by atoms with Gasteiger partial charge in [0.15, 0.2) is 5.76 Å². The molecule has 0 radical (unpaired) electrons. The zero-order valence-electron chi connectivity index (χ0n) is 13.2. The van der Waals surface area contributed by atoms with E-state index in [9.17, 15) is 0 Å². The number of ether oxygens (including phenoxy) is 1. The number of morpholine rings is 1. The van der Waals surface area contributed by atoms with E-state index >= 15 is 0 Å². The molecule has 0 bridgehead atoms. The fourth-order valence-corrected chi connectivity index (χ4v) is 2.60. The molecule has 1 fully saturated rings. The average Bonchev–Trinajstić information content (AvgIpc) is 2.97. The van der Waals surface area contributed by atoms with Gasteiger partial charge in [-0.15, -0.1) is 0 Å². The van der Waals surface area contributed by atoms with E-state index in [2.05, 4.69) is 53.6 Å². The van der Waals surface area contributed by atoms with Crippen LogP contribution in [0.4, 0.5) is 0 Å². The number of rotatable bonds is 5. The van der Waals surface area contributed by atoms with Gasteiger partial charge in [0.1, 0.15) is 5.69 Å². The summed E-state index contributed by atoms with van der Waals surface area (Å²) in [6, 6.07) is 10.3. The van der Waals surface area contributed by atoms with Gasteiger partial charge in [0.2, 0.25) is 0 Å². The van der Waals surface area contributed by atoms with Crippen molar-refractivity contribution in [2.45, 2.75) is 19.6 Å². The van der Waals surface area contributed by atoms with Crippen molar-refractivity contribution in [1.82, 2.24) is 15.4 Å². The first kappa shape index (κ1) is 15.2. The van der Waals surface area contributed by atoms with Crippen LogP contribution in [-0.2, 0) is 11.3 Å². The Kier molecular flexibility index (Phi) is 4.87. The molecule has 5 nitrogen and oxygen atoms in total. The van der Waals surface area contributed by atoms with Crippen molar-refractivity contribution in [3.8, 4) is 11.3 Å². The van der Waals surface area contributed by atoms with E-state index in [0.29, 0.717) is 6.54 Å². The van der Waals surface area contributed by atoms with Crippen molar-refractivity contribution >= 4 is 0 Å². The van der Waals surface area contributed by atoms with Gasteiger partial charge in [0.25, 0.3) is 0 Å². The molecular formula is C17H23N3O2. The molecule has 1 aromatic heterocycles. The van der Waals surface area contributed by atoms with Gasteiger partial charge < -0.3 is 19.5 Å². The predicted molar refractivity (Wildman–Crippen MR) is 85.6 cm³/mol. The molecule has 2 heterocycles. The molecule has 0 amide bonds. The molecule has 1 aliphatic rings. The molecule has 0 spiro atoms. The average molecular weight is 301 g/mol. The number of nitrogens with zero attached hydrogens (tertiary/aromatic N) is 2. The van der Waals surface area contributed by atoms with Gasteiger partial charge in [-0.05, 0) is 14.0 Å². The zero-order chi connectivity index (χ0) is 15.4. The summed E-state index contributed by atoms with van der Waals surface area (Å²) in [6.45, 7) is 6.36. The first-order chi connectivity index (χ1) is 10.7. The highest BCUT2D eigenvalue weighted by Gasteiger charge is 2.17. The number of hydrogen-bond acceptors (Lipinski definition) is 5. The normalized spacial score (nSPS) is 19.5. The van der Waals surface area contributed by atoms with E-state index in [1.807, 2.05) is 6.07 Å². The minimum Gasteiger partial charge on any atom is -0.374 e. The highest BCUT2D eigenvalue weighted by atomic mass is 16.5. The number of aryl methyl sites for hydroxylation is 1. The van der Waals surface area contributed by atoms with Crippen molar-refractivity contribution in [3.05, 3.63) is 41.7 Å². The lowest BCUT2D eigenvalue weighted by molar-refractivity contribution is -0.0184. The summed E-state index contributed by atoms with van der Waals surface area (Å²) in [5.41, 5.74) is 3.20. The van der Waals surface area contributed by atoms with E-state index in [4.69, 9.17) is 9.26 Å². The fourth-order valence-electron chi connectivity index (χ4n) is 2.60. The van der Waals surface area contributed by atoms with Gasteiger partial charge in [0, 0.05) is 31.3 Å². The third-order valence-electron chi connectivity index (χ3n) is 3.92. The molecule has 3 rings (SSSR count). The lowest BCUT2D eigenvalue weighted by Crippen LogP contribution is -2.44. The first-order valence-electron chi connectivity index (χ1n) is 7.74. The summed E-state index contributed by atoms with van der Waals surface area (Å²) >= 11 is 0. The Balaban J connectivity index is 1.50. The van der Waals surface area contributed by atoms with Gasteiger partial charge in [0.05, 0.1) is 19.3 Å². The van der Waals surface area contributed by atoms with E-state index in [1.54, 1.807) is 0 Å². The Labute approximate surface area is 131 Å². The number of likely N-dealkylation sites (N-methyl/N-ethyl adjacent to an activating group) is 1. The Hall–Kier alpha value is -1.69. The fraction of sp³-hybridized carbons (Fsp3) is 0.471. The molecule has 1 aliphatic heterocycles. The third-order valence-corrected chi connectivity index (χ3v) is 3.92. The number of nitrogens with one attached hydrogen (secondary N) is 1. The smallest absolute Gasteiger partial charge is 0.151 e. The minimum absolute atomic E-state index is 0.248. The van der Waals surface area contributed by atoms with Crippen molar-refractivity contribution in [3.63, 3.8) is 0 Å². The van der Waals surface area contributed by atoms with Crippen LogP contribution < -0.4 is 5.32 Å². The topological polar surface area (TPSA) is 50.5 Å². The maximum absolute atomic E-state index is 5.72. The van der Waals surface area contributed by atoms with E-state index in [0.717, 1.165) is 43.3 Å². The molecule has 0 saturated carbocycles. The maximum atomic E-state index is 5.72. The van der Waals surface area contributed by atoms with Gasteiger partial charge in [-0.1, -0.05) is 35.0 Å². The van der Waals surface area contributed by atoms with Crippen LogP contribution in [0.25, 0.3) is 11.3 Å². The van der Waals surface area contributed by atoms with Crippen molar-refractivity contribution < 1.29 is 9.26 Å². The minimum atomic E-state index is 0.248. The van der Waals surface area contributed by atoms with E-state index < -0.39 is 0 Å². The molecule has 5 heteroatoms. The van der Waals surface area contributed by atoms with E-state index in [1.165, 1.54) is 5.56 Å². The lowest BCUT2D eigenvalue weighted by atomic mass is 10.1. The predicted octanol–water partition coefficient (Wildman–Crippen LogP) is 2.07. The summed E-state index contributed by atoms with van der Waals surface area (Å²) in [4.78, 5) is 2.29. The van der Waals surface area contributed by atoms with Gasteiger partial charge in [-0.25, -0.2) is 0 Å².